The molecule has 2 amide bonds. The lowest BCUT2D eigenvalue weighted by Gasteiger charge is -2.20. The van der Waals surface area contributed by atoms with Gasteiger partial charge in [0.25, 0.3) is 0 Å². The van der Waals surface area contributed by atoms with Crippen LogP contribution in [-0.2, 0) is 9.59 Å². The van der Waals surface area contributed by atoms with Crippen molar-refractivity contribution < 1.29 is 14.4 Å². The third-order valence-electron chi connectivity index (χ3n) is 3.88. The van der Waals surface area contributed by atoms with Crippen molar-refractivity contribution in [3.63, 3.8) is 0 Å². The fourth-order valence-corrected chi connectivity index (χ4v) is 2.41. The Morgan fingerprint density at radius 1 is 0.963 bits per heavy atom. The first-order valence-electron chi connectivity index (χ1n) is 8.28. The summed E-state index contributed by atoms with van der Waals surface area (Å²) >= 11 is 11.8. The summed E-state index contributed by atoms with van der Waals surface area (Å²) in [6, 6.07) is 13.1. The highest BCUT2D eigenvalue weighted by Crippen LogP contribution is 2.22. The summed E-state index contributed by atoms with van der Waals surface area (Å²) in [7, 11) is 0. The number of ketones is 1. The summed E-state index contributed by atoms with van der Waals surface area (Å²) in [5.41, 5.74) is 0.679. The molecule has 0 heterocycles. The van der Waals surface area contributed by atoms with E-state index in [0.29, 0.717) is 22.0 Å². The van der Waals surface area contributed by atoms with E-state index in [4.69, 9.17) is 23.2 Å². The minimum atomic E-state index is -0.702. The van der Waals surface area contributed by atoms with Gasteiger partial charge < -0.3 is 10.6 Å². The number of para-hydroxylation sites is 1. The van der Waals surface area contributed by atoms with Gasteiger partial charge in [-0.3, -0.25) is 14.4 Å². The zero-order valence-corrected chi connectivity index (χ0v) is 16.5. The number of anilines is 2. The first-order chi connectivity index (χ1) is 12.7. The molecule has 0 saturated carbocycles. The molecule has 0 saturated heterocycles. The van der Waals surface area contributed by atoms with E-state index in [0.717, 1.165) is 0 Å². The number of nitrogens with one attached hydrogen (secondary N) is 2. The van der Waals surface area contributed by atoms with E-state index in [1.54, 1.807) is 62.4 Å². The van der Waals surface area contributed by atoms with Gasteiger partial charge in [-0.2, -0.15) is 0 Å². The Labute approximate surface area is 168 Å². The van der Waals surface area contributed by atoms with Crippen molar-refractivity contribution in [2.45, 2.75) is 20.3 Å². The Bertz CT molecular complexity index is 849. The number of benzene rings is 2. The van der Waals surface area contributed by atoms with E-state index in [2.05, 4.69) is 10.6 Å². The van der Waals surface area contributed by atoms with E-state index in [-0.39, 0.29) is 24.0 Å². The van der Waals surface area contributed by atoms with Crippen LogP contribution in [0.4, 0.5) is 11.4 Å². The number of rotatable bonds is 7. The molecular weight excluding hydrogens is 387 g/mol. The van der Waals surface area contributed by atoms with E-state index in [9.17, 15) is 14.4 Å². The van der Waals surface area contributed by atoms with Crippen LogP contribution in [0.3, 0.4) is 0 Å². The molecule has 5 nitrogen and oxygen atoms in total. The summed E-state index contributed by atoms with van der Waals surface area (Å²) in [6.07, 6.45) is -0.309. The normalized spacial score (nSPS) is 11.0. The zero-order valence-electron chi connectivity index (χ0n) is 15.0. The van der Waals surface area contributed by atoms with Crippen LogP contribution in [0.15, 0.2) is 48.5 Å². The van der Waals surface area contributed by atoms with Crippen LogP contribution in [0, 0.1) is 5.41 Å². The quantitative estimate of drug-likeness (QED) is 0.395. The molecule has 0 aliphatic heterocycles. The average Bonchev–Trinajstić information content (AvgIpc) is 2.64. The van der Waals surface area contributed by atoms with Gasteiger partial charge in [0.2, 0.25) is 11.8 Å². The predicted molar refractivity (Wildman–Crippen MR) is 109 cm³/mol. The minimum absolute atomic E-state index is 0.190. The molecule has 7 heteroatoms. The number of amides is 2. The second kappa shape index (κ2) is 9.02. The van der Waals surface area contributed by atoms with Gasteiger partial charge in [0.15, 0.2) is 5.78 Å². The molecule has 2 aromatic rings. The number of hydrogen-bond donors (Lipinski definition) is 2. The Kier molecular flexibility index (Phi) is 6.99. The van der Waals surface area contributed by atoms with Crippen molar-refractivity contribution in [2.24, 2.45) is 5.41 Å². The lowest BCUT2D eigenvalue weighted by atomic mass is 9.95. The maximum Gasteiger partial charge on any atom is 0.232 e. The zero-order chi connectivity index (χ0) is 20.0. The maximum atomic E-state index is 12.3. The van der Waals surface area contributed by atoms with Crippen LogP contribution in [0.2, 0.25) is 5.02 Å². The number of carbonyl (C=O) groups excluding carboxylic acids is 3. The van der Waals surface area contributed by atoms with Crippen LogP contribution in [0.5, 0.6) is 0 Å². The number of halogens is 2. The molecule has 0 aromatic heterocycles. The average molecular weight is 407 g/mol. The van der Waals surface area contributed by atoms with Gasteiger partial charge in [-0.05, 0) is 50.2 Å². The van der Waals surface area contributed by atoms with Crippen molar-refractivity contribution in [1.82, 2.24) is 0 Å². The van der Waals surface area contributed by atoms with E-state index in [1.807, 2.05) is 0 Å². The smallest absolute Gasteiger partial charge is 0.232 e. The first-order valence-corrected chi connectivity index (χ1v) is 9.19. The summed E-state index contributed by atoms with van der Waals surface area (Å²) in [5, 5.41) is 5.76. The van der Waals surface area contributed by atoms with Crippen molar-refractivity contribution in [3.8, 4) is 0 Å². The third kappa shape index (κ3) is 5.81. The molecule has 0 aliphatic carbocycles. The van der Waals surface area contributed by atoms with Gasteiger partial charge in [0.05, 0.1) is 22.5 Å². The predicted octanol–water partition coefficient (Wildman–Crippen LogP) is 4.76. The highest BCUT2D eigenvalue weighted by molar-refractivity contribution is 6.33. The van der Waals surface area contributed by atoms with E-state index < -0.39 is 11.3 Å². The Balaban J connectivity index is 1.96. The second-order valence-corrected chi connectivity index (χ2v) is 7.35. The largest absolute Gasteiger partial charge is 0.326 e. The van der Waals surface area contributed by atoms with E-state index >= 15 is 0 Å². The van der Waals surface area contributed by atoms with Crippen molar-refractivity contribution in [3.05, 3.63) is 59.1 Å². The molecule has 0 bridgehead atoms. The fraction of sp³-hybridized carbons (Fsp3) is 0.250. The van der Waals surface area contributed by atoms with Gasteiger partial charge in [0.1, 0.15) is 0 Å². The summed E-state index contributed by atoms with van der Waals surface area (Å²) in [5.74, 6) is -0.806. The topological polar surface area (TPSA) is 75.3 Å². The summed E-state index contributed by atoms with van der Waals surface area (Å²) in [6.45, 7) is 3.48. The highest BCUT2D eigenvalue weighted by Gasteiger charge is 2.26. The number of hydrogen-bond acceptors (Lipinski definition) is 3. The lowest BCUT2D eigenvalue weighted by molar-refractivity contribution is -0.123. The molecule has 2 N–H and O–H groups in total. The van der Waals surface area contributed by atoms with Crippen molar-refractivity contribution >= 4 is 52.2 Å². The van der Waals surface area contributed by atoms with Crippen molar-refractivity contribution in [2.75, 3.05) is 16.5 Å². The Morgan fingerprint density at radius 3 is 2.19 bits per heavy atom. The highest BCUT2D eigenvalue weighted by atomic mass is 35.5. The van der Waals surface area contributed by atoms with E-state index in [1.165, 1.54) is 0 Å². The van der Waals surface area contributed by atoms with Gasteiger partial charge >= 0.3 is 0 Å². The number of carbonyl (C=O) groups is 3. The molecule has 0 spiro atoms. The van der Waals surface area contributed by atoms with Gasteiger partial charge in [-0.15, -0.1) is 11.6 Å². The molecule has 0 radical (unpaired) electrons. The molecule has 0 fully saturated rings. The molecule has 2 rings (SSSR count). The molecular formula is C20H20Cl2N2O3. The number of Topliss-reactive ketones (excluding diaryl/α,β-unsaturated/α-hetero) is 1. The number of alkyl halides is 1. The van der Waals surface area contributed by atoms with Crippen LogP contribution in [0.1, 0.15) is 30.6 Å². The van der Waals surface area contributed by atoms with Gasteiger partial charge in [0, 0.05) is 17.1 Å². The van der Waals surface area contributed by atoms with Gasteiger partial charge in [-0.1, -0.05) is 23.7 Å². The summed E-state index contributed by atoms with van der Waals surface area (Å²) in [4.78, 5) is 36.4. The van der Waals surface area contributed by atoms with Crippen LogP contribution in [-0.4, -0.2) is 23.5 Å². The molecule has 27 heavy (non-hydrogen) atoms. The van der Waals surface area contributed by atoms with Crippen molar-refractivity contribution in [1.29, 1.82) is 0 Å². The molecule has 0 unspecified atom stereocenters. The van der Waals surface area contributed by atoms with Crippen LogP contribution >= 0.6 is 23.2 Å². The lowest BCUT2D eigenvalue weighted by Crippen LogP contribution is -2.32. The maximum absolute atomic E-state index is 12.3. The third-order valence-corrected chi connectivity index (χ3v) is 4.88. The van der Waals surface area contributed by atoms with Crippen LogP contribution in [0.25, 0.3) is 0 Å². The Hall–Kier alpha value is -2.37. The molecule has 0 atom stereocenters. The minimum Gasteiger partial charge on any atom is -0.326 e. The Morgan fingerprint density at radius 2 is 1.59 bits per heavy atom. The fourth-order valence-electron chi connectivity index (χ4n) is 2.11. The summed E-state index contributed by atoms with van der Waals surface area (Å²) < 4.78 is 0. The van der Waals surface area contributed by atoms with Crippen LogP contribution < -0.4 is 10.6 Å². The standard InChI is InChI=1S/C20H20Cl2N2O3/c1-20(2,12-21)19(27)23-14-9-7-13(8-10-14)17(25)11-18(26)24-16-6-4-3-5-15(16)22/h3-10H,11-12H2,1-2H3,(H,23,27)(H,24,26). The monoisotopic (exact) mass is 406 g/mol. The second-order valence-electron chi connectivity index (χ2n) is 6.68. The molecule has 0 aliphatic rings. The molecule has 2 aromatic carbocycles. The van der Waals surface area contributed by atoms with Gasteiger partial charge in [-0.25, -0.2) is 0 Å². The first kappa shape index (κ1) is 20.9. The molecule has 142 valence electrons. The SMILES string of the molecule is CC(C)(CCl)C(=O)Nc1ccc(C(=O)CC(=O)Nc2ccccc2Cl)cc1.